The lowest BCUT2D eigenvalue weighted by atomic mass is 9.92. The molecule has 1 amide bonds. The molecule has 2 aromatic carbocycles. The fourth-order valence-electron chi connectivity index (χ4n) is 2.36. The van der Waals surface area contributed by atoms with Gasteiger partial charge in [-0.3, -0.25) is 4.79 Å². The quantitative estimate of drug-likeness (QED) is 0.787. The van der Waals surface area contributed by atoms with Gasteiger partial charge >= 0.3 is 0 Å². The fraction of sp³-hybridized carbons (Fsp3) is 0.167. The molecule has 0 aromatic heterocycles. The summed E-state index contributed by atoms with van der Waals surface area (Å²) in [7, 11) is 0. The topological polar surface area (TPSA) is 109 Å². The molecule has 6 heteroatoms. The third kappa shape index (κ3) is 4.95. The molecule has 1 N–H and O–H groups in total. The summed E-state index contributed by atoms with van der Waals surface area (Å²) in [6, 6.07) is 14.4. The average molecular weight is 325 g/mol. The van der Waals surface area contributed by atoms with Gasteiger partial charge in [0.1, 0.15) is 0 Å². The minimum atomic E-state index is -1.30. The normalized spacial score (nSPS) is 11.5. The van der Waals surface area contributed by atoms with Gasteiger partial charge in [0.2, 0.25) is 5.91 Å². The second kappa shape index (κ2) is 7.92. The second-order valence-corrected chi connectivity index (χ2v) is 5.30. The van der Waals surface area contributed by atoms with Gasteiger partial charge in [0.05, 0.1) is 5.97 Å². The van der Waals surface area contributed by atoms with Gasteiger partial charge in [-0.15, -0.1) is 0 Å². The van der Waals surface area contributed by atoms with Crippen LogP contribution in [0.1, 0.15) is 34.7 Å². The Kier molecular flexibility index (Phi) is 5.68. The molecule has 0 fully saturated rings. The van der Waals surface area contributed by atoms with Crippen molar-refractivity contribution in [1.29, 1.82) is 0 Å². The van der Waals surface area contributed by atoms with E-state index in [4.69, 9.17) is 0 Å². The van der Waals surface area contributed by atoms with Gasteiger partial charge in [-0.05, 0) is 35.6 Å². The van der Waals surface area contributed by atoms with Crippen molar-refractivity contribution in [2.75, 3.05) is 5.32 Å². The lowest BCUT2D eigenvalue weighted by Crippen LogP contribution is -2.26. The predicted octanol–water partition coefficient (Wildman–Crippen LogP) is 0.302. The molecule has 0 aliphatic rings. The molecule has 0 saturated heterocycles. The lowest BCUT2D eigenvalue weighted by molar-refractivity contribution is -0.306. The molecule has 24 heavy (non-hydrogen) atoms. The molecule has 0 unspecified atom stereocenters. The van der Waals surface area contributed by atoms with Crippen molar-refractivity contribution in [3.63, 3.8) is 0 Å². The smallest absolute Gasteiger partial charge is 0.224 e. The van der Waals surface area contributed by atoms with Gasteiger partial charge in [-0.2, -0.15) is 0 Å². The summed E-state index contributed by atoms with van der Waals surface area (Å²) in [6.07, 6.45) is -0.290. The molecule has 0 saturated carbocycles. The van der Waals surface area contributed by atoms with Gasteiger partial charge in [-0.1, -0.05) is 42.5 Å². The number of hydrogen-bond donors (Lipinski definition) is 1. The van der Waals surface area contributed by atoms with Crippen LogP contribution in [-0.2, 0) is 9.59 Å². The van der Waals surface area contributed by atoms with Crippen LogP contribution in [0, 0.1) is 0 Å². The van der Waals surface area contributed by atoms with E-state index in [0.717, 1.165) is 5.56 Å². The first-order valence-corrected chi connectivity index (χ1v) is 7.31. The molecule has 6 nitrogen and oxygen atoms in total. The maximum atomic E-state index is 12.1. The van der Waals surface area contributed by atoms with Crippen molar-refractivity contribution in [2.45, 2.75) is 18.8 Å². The molecule has 0 bridgehead atoms. The summed E-state index contributed by atoms with van der Waals surface area (Å²) >= 11 is 0. The first kappa shape index (κ1) is 17.2. The predicted molar refractivity (Wildman–Crippen MR) is 82.8 cm³/mol. The Balaban J connectivity index is 2.04. The number of carbonyl (C=O) groups excluding carboxylic acids is 3. The number of rotatable bonds is 7. The minimum Gasteiger partial charge on any atom is -0.550 e. The van der Waals surface area contributed by atoms with Crippen molar-refractivity contribution in [3.8, 4) is 0 Å². The van der Waals surface area contributed by atoms with E-state index in [-0.39, 0.29) is 24.3 Å². The van der Waals surface area contributed by atoms with Gasteiger partial charge < -0.3 is 25.1 Å². The van der Waals surface area contributed by atoms with Gasteiger partial charge in [0, 0.05) is 18.1 Å². The van der Waals surface area contributed by atoms with Crippen LogP contribution < -0.4 is 15.5 Å². The number of carboxylic acids is 2. The van der Waals surface area contributed by atoms with Crippen molar-refractivity contribution in [2.24, 2.45) is 0 Å². The van der Waals surface area contributed by atoms with Crippen LogP contribution in [0.15, 0.2) is 54.6 Å². The summed E-state index contributed by atoms with van der Waals surface area (Å²) in [4.78, 5) is 33.7. The van der Waals surface area contributed by atoms with Crippen molar-refractivity contribution < 1.29 is 24.6 Å². The van der Waals surface area contributed by atoms with E-state index in [1.807, 2.05) is 0 Å². The number of aromatic carboxylic acids is 1. The Morgan fingerprint density at radius 1 is 0.875 bits per heavy atom. The fourth-order valence-corrected chi connectivity index (χ4v) is 2.36. The van der Waals surface area contributed by atoms with E-state index < -0.39 is 17.9 Å². The van der Waals surface area contributed by atoms with Crippen LogP contribution in [0.2, 0.25) is 0 Å². The number of carbonyl (C=O) groups is 3. The highest BCUT2D eigenvalue weighted by molar-refractivity contribution is 5.92. The Labute approximate surface area is 138 Å². The van der Waals surface area contributed by atoms with Crippen LogP contribution in [0.4, 0.5) is 5.69 Å². The first-order valence-electron chi connectivity index (χ1n) is 7.31. The highest BCUT2D eigenvalue weighted by Crippen LogP contribution is 2.23. The number of benzene rings is 2. The zero-order valence-electron chi connectivity index (χ0n) is 12.7. The van der Waals surface area contributed by atoms with Gasteiger partial charge in [-0.25, -0.2) is 0 Å². The maximum Gasteiger partial charge on any atom is 0.224 e. The standard InChI is InChI=1S/C18H17NO5/c20-16(19-15-8-6-13(7-9-15)18(23)24)10-14(11-17(21)22)12-4-2-1-3-5-12/h1-9,14H,10-11H2,(H,19,20)(H,21,22)(H,23,24)/p-2/t14-/m1/s1. The Morgan fingerprint density at radius 3 is 2.04 bits per heavy atom. The summed E-state index contributed by atoms with van der Waals surface area (Å²) in [6.45, 7) is 0. The third-order valence-electron chi connectivity index (χ3n) is 3.52. The SMILES string of the molecule is O=C([O-])C[C@@H](CC(=O)Nc1ccc(C(=O)[O-])cc1)c1ccccc1. The molecule has 124 valence electrons. The number of hydrogen-bond acceptors (Lipinski definition) is 5. The molecule has 0 radical (unpaired) electrons. The van der Waals surface area contributed by atoms with Crippen molar-refractivity contribution in [3.05, 3.63) is 65.7 Å². The Morgan fingerprint density at radius 2 is 1.50 bits per heavy atom. The zero-order valence-corrected chi connectivity index (χ0v) is 12.7. The van der Waals surface area contributed by atoms with E-state index in [0.29, 0.717) is 5.69 Å². The van der Waals surface area contributed by atoms with Gasteiger partial charge in [0.15, 0.2) is 0 Å². The van der Waals surface area contributed by atoms with Crippen molar-refractivity contribution >= 4 is 23.5 Å². The first-order chi connectivity index (χ1) is 11.5. The highest BCUT2D eigenvalue weighted by atomic mass is 16.4. The summed E-state index contributed by atoms with van der Waals surface area (Å²) in [5, 5.41) is 24.2. The molecule has 0 spiro atoms. The number of anilines is 1. The van der Waals surface area contributed by atoms with Crippen molar-refractivity contribution in [1.82, 2.24) is 0 Å². The average Bonchev–Trinajstić information content (AvgIpc) is 2.55. The molecule has 0 aliphatic heterocycles. The van der Waals surface area contributed by atoms with Gasteiger partial charge in [0.25, 0.3) is 0 Å². The van der Waals surface area contributed by atoms with E-state index in [1.165, 1.54) is 24.3 Å². The maximum absolute atomic E-state index is 12.1. The molecule has 2 aromatic rings. The molecular weight excluding hydrogens is 310 g/mol. The number of amides is 1. The second-order valence-electron chi connectivity index (χ2n) is 5.30. The molecule has 0 aliphatic carbocycles. The zero-order chi connectivity index (χ0) is 17.5. The van der Waals surface area contributed by atoms with E-state index in [1.54, 1.807) is 30.3 Å². The third-order valence-corrected chi connectivity index (χ3v) is 3.52. The summed E-state index contributed by atoms with van der Waals surface area (Å²) < 4.78 is 0. The summed E-state index contributed by atoms with van der Waals surface area (Å²) in [5.74, 6) is -3.40. The Hall–Kier alpha value is -3.15. The molecule has 2 rings (SSSR count). The van der Waals surface area contributed by atoms with Crippen LogP contribution in [0.3, 0.4) is 0 Å². The number of nitrogens with one attached hydrogen (secondary N) is 1. The lowest BCUT2D eigenvalue weighted by Gasteiger charge is -2.18. The van der Waals surface area contributed by atoms with Crippen LogP contribution in [0.5, 0.6) is 0 Å². The largest absolute Gasteiger partial charge is 0.550 e. The Bertz CT molecular complexity index is 725. The minimum absolute atomic E-state index is 0.00659. The molecule has 1 atom stereocenters. The number of aliphatic carboxylic acids is 1. The van der Waals surface area contributed by atoms with Crippen LogP contribution in [0.25, 0.3) is 0 Å². The van der Waals surface area contributed by atoms with E-state index in [2.05, 4.69) is 5.32 Å². The number of carboxylic acid groups (broad SMARTS) is 2. The summed E-state index contributed by atoms with van der Waals surface area (Å²) in [5.41, 5.74) is 1.17. The van der Waals surface area contributed by atoms with Crippen LogP contribution in [-0.4, -0.2) is 17.8 Å². The monoisotopic (exact) mass is 325 g/mol. The molecular formula is C18H15NO5-2. The van der Waals surface area contributed by atoms with Crippen LogP contribution >= 0.6 is 0 Å². The highest BCUT2D eigenvalue weighted by Gasteiger charge is 2.16. The van der Waals surface area contributed by atoms with E-state index in [9.17, 15) is 24.6 Å². The van der Waals surface area contributed by atoms with E-state index >= 15 is 0 Å². The molecule has 0 heterocycles.